The molecule has 3 aromatic carbocycles. The molecule has 0 unspecified atom stereocenters. The van der Waals surface area contributed by atoms with Crippen molar-refractivity contribution in [3.63, 3.8) is 0 Å². The Morgan fingerprint density at radius 3 is 2.34 bits per heavy atom. The van der Waals surface area contributed by atoms with Gasteiger partial charge in [0.1, 0.15) is 25.4 Å². The third kappa shape index (κ3) is 4.37. The van der Waals surface area contributed by atoms with Crippen LogP contribution in [0.25, 0.3) is 11.3 Å². The number of nitrogens with zero attached hydrogens (tertiary/aromatic N) is 2. The molecule has 0 atom stereocenters. The van der Waals surface area contributed by atoms with E-state index in [1.54, 1.807) is 30.3 Å². The van der Waals surface area contributed by atoms with E-state index < -0.39 is 0 Å². The van der Waals surface area contributed by atoms with Crippen LogP contribution in [0.4, 0.5) is 17.2 Å². The predicted molar refractivity (Wildman–Crippen MR) is 123 cm³/mol. The van der Waals surface area contributed by atoms with Crippen molar-refractivity contribution in [2.24, 2.45) is 0 Å². The molecule has 0 fully saturated rings. The van der Waals surface area contributed by atoms with Crippen molar-refractivity contribution < 1.29 is 14.3 Å². The topological polar surface area (TPSA) is 85.4 Å². The van der Waals surface area contributed by atoms with Gasteiger partial charge in [0.2, 0.25) is 0 Å². The van der Waals surface area contributed by atoms with E-state index in [0.717, 1.165) is 16.9 Å². The number of benzene rings is 3. The Balaban J connectivity index is 1.26. The average molecular weight is 424 g/mol. The van der Waals surface area contributed by atoms with Gasteiger partial charge in [-0.2, -0.15) is 0 Å². The molecule has 32 heavy (non-hydrogen) atoms. The van der Waals surface area contributed by atoms with Gasteiger partial charge in [-0.1, -0.05) is 30.3 Å². The van der Waals surface area contributed by atoms with Crippen molar-refractivity contribution in [3.05, 3.63) is 90.8 Å². The summed E-state index contributed by atoms with van der Waals surface area (Å²) >= 11 is 0. The largest absolute Gasteiger partial charge is 0.486 e. The predicted octanol–water partition coefficient (Wildman–Crippen LogP) is 4.91. The molecule has 2 heterocycles. The van der Waals surface area contributed by atoms with E-state index in [0.29, 0.717) is 41.8 Å². The summed E-state index contributed by atoms with van der Waals surface area (Å²) in [5, 5.41) is 6.14. The number of anilines is 3. The van der Waals surface area contributed by atoms with E-state index in [-0.39, 0.29) is 5.91 Å². The van der Waals surface area contributed by atoms with Gasteiger partial charge in [0.15, 0.2) is 11.5 Å². The van der Waals surface area contributed by atoms with Crippen LogP contribution >= 0.6 is 0 Å². The molecule has 0 spiro atoms. The van der Waals surface area contributed by atoms with Gasteiger partial charge in [0.25, 0.3) is 5.91 Å². The number of hydrogen-bond acceptors (Lipinski definition) is 6. The number of rotatable bonds is 5. The van der Waals surface area contributed by atoms with Gasteiger partial charge >= 0.3 is 0 Å². The van der Waals surface area contributed by atoms with Gasteiger partial charge in [0, 0.05) is 34.6 Å². The number of hydrogen-bond donors (Lipinski definition) is 2. The Labute approximate surface area is 185 Å². The van der Waals surface area contributed by atoms with E-state index in [9.17, 15) is 4.79 Å². The number of carbonyl (C=O) groups excluding carboxylic acids is 1. The summed E-state index contributed by atoms with van der Waals surface area (Å²) in [5.74, 6) is 1.78. The highest BCUT2D eigenvalue weighted by molar-refractivity contribution is 6.04. The van der Waals surface area contributed by atoms with Crippen molar-refractivity contribution in [1.82, 2.24) is 9.97 Å². The lowest BCUT2D eigenvalue weighted by atomic mass is 10.1. The Hall–Kier alpha value is -4.39. The van der Waals surface area contributed by atoms with Crippen LogP contribution in [0.15, 0.2) is 85.2 Å². The van der Waals surface area contributed by atoms with Crippen LogP contribution in [0.1, 0.15) is 10.4 Å². The van der Waals surface area contributed by atoms with Crippen molar-refractivity contribution in [2.75, 3.05) is 23.8 Å². The molecule has 0 saturated carbocycles. The molecule has 1 aliphatic heterocycles. The summed E-state index contributed by atoms with van der Waals surface area (Å²) in [4.78, 5) is 21.2. The maximum atomic E-state index is 12.6. The third-order valence-electron chi connectivity index (χ3n) is 4.96. The molecule has 0 saturated heterocycles. The first-order chi connectivity index (χ1) is 15.7. The number of fused-ring (bicyclic) bond motifs is 1. The second-order valence-corrected chi connectivity index (χ2v) is 7.17. The van der Waals surface area contributed by atoms with Crippen LogP contribution in [-0.4, -0.2) is 29.1 Å². The fourth-order valence-electron chi connectivity index (χ4n) is 3.37. The fraction of sp³-hybridized carbons (Fsp3) is 0.0800. The van der Waals surface area contributed by atoms with Gasteiger partial charge in [-0.25, -0.2) is 9.97 Å². The Bertz CT molecular complexity index is 1240. The second kappa shape index (κ2) is 8.77. The number of ether oxygens (including phenoxy) is 2. The van der Waals surface area contributed by atoms with Gasteiger partial charge in [-0.05, 0) is 36.4 Å². The average Bonchev–Trinajstić information content (AvgIpc) is 2.85. The highest BCUT2D eigenvalue weighted by Crippen LogP contribution is 2.32. The quantitative estimate of drug-likeness (QED) is 0.473. The zero-order chi connectivity index (χ0) is 21.8. The van der Waals surface area contributed by atoms with Crippen LogP contribution in [0.3, 0.4) is 0 Å². The lowest BCUT2D eigenvalue weighted by molar-refractivity contribution is 0.102. The first kappa shape index (κ1) is 19.6. The van der Waals surface area contributed by atoms with E-state index in [2.05, 4.69) is 20.6 Å². The first-order valence-corrected chi connectivity index (χ1v) is 10.2. The number of amides is 1. The van der Waals surface area contributed by atoms with E-state index in [1.807, 2.05) is 48.5 Å². The minimum absolute atomic E-state index is 0.207. The van der Waals surface area contributed by atoms with E-state index >= 15 is 0 Å². The molecule has 0 bridgehead atoms. The Morgan fingerprint density at radius 2 is 1.53 bits per heavy atom. The zero-order valence-corrected chi connectivity index (χ0v) is 17.1. The lowest BCUT2D eigenvalue weighted by Gasteiger charge is -2.19. The van der Waals surface area contributed by atoms with Crippen molar-refractivity contribution in [1.29, 1.82) is 0 Å². The van der Waals surface area contributed by atoms with Gasteiger partial charge in [0.05, 0.1) is 5.69 Å². The molecule has 7 nitrogen and oxygen atoms in total. The van der Waals surface area contributed by atoms with Crippen molar-refractivity contribution in [2.45, 2.75) is 0 Å². The fourth-order valence-corrected chi connectivity index (χ4v) is 3.37. The summed E-state index contributed by atoms with van der Waals surface area (Å²) < 4.78 is 11.1. The Morgan fingerprint density at radius 1 is 0.781 bits per heavy atom. The second-order valence-electron chi connectivity index (χ2n) is 7.17. The van der Waals surface area contributed by atoms with Crippen LogP contribution in [0.2, 0.25) is 0 Å². The first-order valence-electron chi connectivity index (χ1n) is 10.2. The van der Waals surface area contributed by atoms with E-state index in [1.165, 1.54) is 6.33 Å². The molecule has 0 aliphatic carbocycles. The SMILES string of the molecule is O=C(Nc1ccc2c(c1)OCCO2)c1ccc(Nc2cc(-c3ccccc3)ncn2)cc1. The molecule has 5 rings (SSSR count). The number of nitrogens with one attached hydrogen (secondary N) is 2. The van der Waals surface area contributed by atoms with Crippen molar-refractivity contribution >= 4 is 23.1 Å². The highest BCUT2D eigenvalue weighted by Gasteiger charge is 2.13. The molecule has 2 N–H and O–H groups in total. The summed E-state index contributed by atoms with van der Waals surface area (Å²) in [6.07, 6.45) is 1.53. The van der Waals surface area contributed by atoms with Crippen LogP contribution < -0.4 is 20.1 Å². The summed E-state index contributed by atoms with van der Waals surface area (Å²) in [6, 6.07) is 24.3. The molecule has 4 aromatic rings. The third-order valence-corrected chi connectivity index (χ3v) is 4.96. The van der Waals surface area contributed by atoms with Crippen LogP contribution in [0.5, 0.6) is 11.5 Å². The lowest BCUT2D eigenvalue weighted by Crippen LogP contribution is -2.16. The Kier molecular flexibility index (Phi) is 5.36. The van der Waals surface area contributed by atoms with E-state index in [4.69, 9.17) is 9.47 Å². The minimum Gasteiger partial charge on any atom is -0.486 e. The normalized spacial score (nSPS) is 12.1. The van der Waals surface area contributed by atoms with Gasteiger partial charge < -0.3 is 20.1 Å². The monoisotopic (exact) mass is 424 g/mol. The highest BCUT2D eigenvalue weighted by atomic mass is 16.6. The molecule has 1 amide bonds. The zero-order valence-electron chi connectivity index (χ0n) is 17.1. The van der Waals surface area contributed by atoms with Gasteiger partial charge in [-0.15, -0.1) is 0 Å². The summed E-state index contributed by atoms with van der Waals surface area (Å²) in [5.41, 5.74) is 3.86. The molecule has 1 aliphatic rings. The maximum Gasteiger partial charge on any atom is 0.255 e. The van der Waals surface area contributed by atoms with Crippen molar-refractivity contribution in [3.8, 4) is 22.8 Å². The van der Waals surface area contributed by atoms with Gasteiger partial charge in [-0.3, -0.25) is 4.79 Å². The van der Waals surface area contributed by atoms with Crippen LogP contribution in [0, 0.1) is 0 Å². The maximum absolute atomic E-state index is 12.6. The minimum atomic E-state index is -0.207. The molecular formula is C25H20N4O3. The number of aromatic nitrogens is 2. The molecule has 158 valence electrons. The smallest absolute Gasteiger partial charge is 0.255 e. The molecule has 7 heteroatoms. The summed E-state index contributed by atoms with van der Waals surface area (Å²) in [6.45, 7) is 1.03. The van der Waals surface area contributed by atoms with Crippen LogP contribution in [-0.2, 0) is 0 Å². The molecule has 0 radical (unpaired) electrons. The number of carbonyl (C=O) groups is 1. The standard InChI is InChI=1S/C25H20N4O3/c30-25(29-20-10-11-22-23(14-20)32-13-12-31-22)18-6-8-19(9-7-18)28-24-15-21(26-16-27-24)17-4-2-1-3-5-17/h1-11,14-16H,12-13H2,(H,29,30)(H,26,27,28). The molecule has 1 aromatic heterocycles. The summed E-state index contributed by atoms with van der Waals surface area (Å²) in [7, 11) is 0. The molecular weight excluding hydrogens is 404 g/mol.